The van der Waals surface area contributed by atoms with Crippen molar-refractivity contribution in [3.8, 4) is 5.75 Å². The molecule has 0 aliphatic rings. The van der Waals surface area contributed by atoms with Gasteiger partial charge in [-0.15, -0.1) is 0 Å². The minimum atomic E-state index is -0.469. The van der Waals surface area contributed by atoms with Crippen molar-refractivity contribution in [1.29, 1.82) is 0 Å². The number of ether oxygens (including phenoxy) is 1. The molecule has 1 aromatic heterocycles. The molecule has 7 heteroatoms. The van der Waals surface area contributed by atoms with Crippen LogP contribution in [-0.4, -0.2) is 14.7 Å². The second-order valence-corrected chi connectivity index (χ2v) is 4.45. The van der Waals surface area contributed by atoms with Crippen LogP contribution in [0.3, 0.4) is 0 Å². The van der Waals surface area contributed by atoms with Crippen molar-refractivity contribution in [3.05, 3.63) is 51.3 Å². The van der Waals surface area contributed by atoms with E-state index in [4.69, 9.17) is 10.5 Å². The second-order valence-electron chi connectivity index (χ2n) is 4.45. The Kier molecular flexibility index (Phi) is 3.99. The van der Waals surface area contributed by atoms with Crippen LogP contribution in [0.5, 0.6) is 5.75 Å². The number of rotatable bonds is 5. The monoisotopic (exact) mass is 276 g/mol. The van der Waals surface area contributed by atoms with Crippen molar-refractivity contribution in [2.45, 2.75) is 20.1 Å². The molecule has 2 N–H and O–H groups in total. The molecule has 2 aromatic rings. The average molecular weight is 276 g/mol. The van der Waals surface area contributed by atoms with Gasteiger partial charge in [0.25, 0.3) is 0 Å². The Morgan fingerprint density at radius 2 is 2.20 bits per heavy atom. The summed E-state index contributed by atoms with van der Waals surface area (Å²) < 4.78 is 7.22. The first-order chi connectivity index (χ1) is 9.51. The van der Waals surface area contributed by atoms with Crippen molar-refractivity contribution in [1.82, 2.24) is 9.78 Å². The molecular formula is C13H16N4O3. The Morgan fingerprint density at radius 1 is 1.45 bits per heavy atom. The van der Waals surface area contributed by atoms with Gasteiger partial charge in [0.15, 0.2) is 5.75 Å². The van der Waals surface area contributed by atoms with E-state index in [1.54, 1.807) is 23.9 Å². The Morgan fingerprint density at radius 3 is 2.75 bits per heavy atom. The molecule has 0 saturated heterocycles. The summed E-state index contributed by atoms with van der Waals surface area (Å²) in [6, 6.07) is 6.60. The van der Waals surface area contributed by atoms with E-state index in [1.807, 2.05) is 13.0 Å². The molecular weight excluding hydrogens is 260 g/mol. The summed E-state index contributed by atoms with van der Waals surface area (Å²) in [4.78, 5) is 10.6. The Hall–Kier alpha value is -2.41. The molecule has 1 aromatic carbocycles. The first-order valence-corrected chi connectivity index (χ1v) is 6.11. The number of hydrogen-bond acceptors (Lipinski definition) is 5. The van der Waals surface area contributed by atoms with Gasteiger partial charge in [0.2, 0.25) is 0 Å². The largest absolute Gasteiger partial charge is 0.480 e. The second kappa shape index (κ2) is 5.70. The lowest BCUT2D eigenvalue weighted by atomic mass is 10.2. The van der Waals surface area contributed by atoms with Crippen molar-refractivity contribution >= 4 is 5.69 Å². The molecule has 1 heterocycles. The van der Waals surface area contributed by atoms with Crippen molar-refractivity contribution < 1.29 is 9.66 Å². The van der Waals surface area contributed by atoms with E-state index in [0.29, 0.717) is 5.56 Å². The summed E-state index contributed by atoms with van der Waals surface area (Å²) in [6.07, 6.45) is 0. The van der Waals surface area contributed by atoms with E-state index in [2.05, 4.69) is 5.10 Å². The van der Waals surface area contributed by atoms with E-state index < -0.39 is 4.92 Å². The van der Waals surface area contributed by atoms with Gasteiger partial charge in [0.1, 0.15) is 6.61 Å². The highest BCUT2D eigenvalue weighted by Gasteiger charge is 2.16. The minimum absolute atomic E-state index is 0.0770. The summed E-state index contributed by atoms with van der Waals surface area (Å²) in [5.74, 6) is 0.228. The van der Waals surface area contributed by atoms with Crippen LogP contribution < -0.4 is 10.5 Å². The zero-order valence-corrected chi connectivity index (χ0v) is 11.4. The zero-order valence-electron chi connectivity index (χ0n) is 11.4. The maximum atomic E-state index is 11.0. The quantitative estimate of drug-likeness (QED) is 0.662. The number of nitrogens with zero attached hydrogens (tertiary/aromatic N) is 3. The molecule has 7 nitrogen and oxygen atoms in total. The molecule has 0 fully saturated rings. The predicted molar refractivity (Wildman–Crippen MR) is 73.3 cm³/mol. The van der Waals surface area contributed by atoms with E-state index in [0.717, 1.165) is 11.4 Å². The molecule has 0 bridgehead atoms. The van der Waals surface area contributed by atoms with Gasteiger partial charge >= 0.3 is 5.69 Å². The van der Waals surface area contributed by atoms with Gasteiger partial charge < -0.3 is 10.5 Å². The molecule has 0 aliphatic carbocycles. The maximum absolute atomic E-state index is 11.0. The summed E-state index contributed by atoms with van der Waals surface area (Å²) in [7, 11) is 1.80. The average Bonchev–Trinajstić information content (AvgIpc) is 2.74. The molecule has 20 heavy (non-hydrogen) atoms. The molecule has 0 aliphatic heterocycles. The summed E-state index contributed by atoms with van der Waals surface area (Å²) in [6.45, 7) is 2.35. The number of aryl methyl sites for hydroxylation is 2. The van der Waals surface area contributed by atoms with Crippen LogP contribution in [0.25, 0.3) is 0 Å². The number of nitro groups is 1. The number of hydrogen-bond donors (Lipinski definition) is 1. The van der Waals surface area contributed by atoms with Crippen LogP contribution in [0, 0.1) is 17.0 Å². The van der Waals surface area contributed by atoms with E-state index in [1.165, 1.54) is 6.07 Å². The van der Waals surface area contributed by atoms with Gasteiger partial charge in [0.05, 0.1) is 16.3 Å². The zero-order chi connectivity index (χ0) is 14.7. The predicted octanol–water partition coefficient (Wildman–Crippen LogP) is 1.67. The fraction of sp³-hybridized carbons (Fsp3) is 0.308. The molecule has 106 valence electrons. The van der Waals surface area contributed by atoms with E-state index in [9.17, 15) is 10.1 Å². The maximum Gasteiger partial charge on any atom is 0.311 e. The van der Waals surface area contributed by atoms with Crippen molar-refractivity contribution in [2.75, 3.05) is 0 Å². The van der Waals surface area contributed by atoms with Gasteiger partial charge in [-0.3, -0.25) is 14.8 Å². The lowest BCUT2D eigenvalue weighted by Gasteiger charge is -2.08. The van der Waals surface area contributed by atoms with Gasteiger partial charge in [-0.25, -0.2) is 0 Å². The highest BCUT2D eigenvalue weighted by atomic mass is 16.6. The number of nitro benzene ring substituents is 1. The highest BCUT2D eigenvalue weighted by Crippen LogP contribution is 2.28. The highest BCUT2D eigenvalue weighted by molar-refractivity contribution is 5.48. The number of nitrogens with two attached hydrogens (primary N) is 1. The lowest BCUT2D eigenvalue weighted by molar-refractivity contribution is -0.386. The fourth-order valence-corrected chi connectivity index (χ4v) is 1.91. The third kappa shape index (κ3) is 2.94. The number of aromatic nitrogens is 2. The third-order valence-corrected chi connectivity index (χ3v) is 2.93. The SMILES string of the molecule is Cc1cc(COc2ccc(CN)cc2[N+](=O)[O-])n(C)n1. The Bertz CT molecular complexity index is 637. The van der Waals surface area contributed by atoms with Crippen molar-refractivity contribution in [2.24, 2.45) is 12.8 Å². The summed E-state index contributed by atoms with van der Waals surface area (Å²) >= 11 is 0. The summed E-state index contributed by atoms with van der Waals surface area (Å²) in [5.41, 5.74) is 7.82. The van der Waals surface area contributed by atoms with Gasteiger partial charge in [-0.05, 0) is 24.6 Å². The molecule has 0 unspecified atom stereocenters. The summed E-state index contributed by atoms with van der Waals surface area (Å²) in [5, 5.41) is 15.2. The number of benzene rings is 1. The Labute approximate surface area is 116 Å². The van der Waals surface area contributed by atoms with E-state index >= 15 is 0 Å². The standard InChI is InChI=1S/C13H16N4O3/c1-9-5-11(16(2)15-9)8-20-13-4-3-10(7-14)6-12(13)17(18)19/h3-6H,7-8,14H2,1-2H3. The van der Waals surface area contributed by atoms with E-state index in [-0.39, 0.29) is 24.6 Å². The normalized spacial score (nSPS) is 10.6. The Balaban J connectivity index is 2.20. The van der Waals surface area contributed by atoms with Gasteiger partial charge in [-0.1, -0.05) is 6.07 Å². The molecule has 2 rings (SSSR count). The fourth-order valence-electron chi connectivity index (χ4n) is 1.91. The van der Waals surface area contributed by atoms with Crippen LogP contribution in [0.1, 0.15) is 17.0 Å². The topological polar surface area (TPSA) is 96.2 Å². The van der Waals surface area contributed by atoms with Crippen LogP contribution >= 0.6 is 0 Å². The lowest BCUT2D eigenvalue weighted by Crippen LogP contribution is -2.05. The molecule has 0 amide bonds. The van der Waals surface area contributed by atoms with Gasteiger partial charge in [-0.2, -0.15) is 5.10 Å². The van der Waals surface area contributed by atoms with Crippen LogP contribution in [0.4, 0.5) is 5.69 Å². The third-order valence-electron chi connectivity index (χ3n) is 2.93. The molecule has 0 atom stereocenters. The van der Waals surface area contributed by atoms with Gasteiger partial charge in [0, 0.05) is 19.7 Å². The van der Waals surface area contributed by atoms with Crippen LogP contribution in [-0.2, 0) is 20.2 Å². The minimum Gasteiger partial charge on any atom is -0.480 e. The first kappa shape index (κ1) is 14.0. The molecule has 0 saturated carbocycles. The first-order valence-electron chi connectivity index (χ1n) is 6.11. The van der Waals surface area contributed by atoms with Crippen LogP contribution in [0.15, 0.2) is 24.3 Å². The molecule has 0 radical (unpaired) electrons. The molecule has 0 spiro atoms. The van der Waals surface area contributed by atoms with Crippen LogP contribution in [0.2, 0.25) is 0 Å². The smallest absolute Gasteiger partial charge is 0.311 e. The van der Waals surface area contributed by atoms with Crippen molar-refractivity contribution in [3.63, 3.8) is 0 Å².